The molecular weight excluding hydrogens is 923 g/mol. The maximum Gasteiger partial charge on any atom is 0.297 e. The van der Waals surface area contributed by atoms with Gasteiger partial charge in [0.2, 0.25) is 0 Å². The number of carbonyl (C=O) groups excluding carboxylic acids is 1. The van der Waals surface area contributed by atoms with Crippen LogP contribution in [0.25, 0.3) is 11.0 Å². The van der Waals surface area contributed by atoms with Crippen molar-refractivity contribution >= 4 is 44.0 Å². The highest BCUT2D eigenvalue weighted by Crippen LogP contribution is 2.54. The fourth-order valence-electron chi connectivity index (χ4n) is 11.9. The number of rotatable bonds is 14. The molecule has 10 rings (SSSR count). The summed E-state index contributed by atoms with van der Waals surface area (Å²) in [4.78, 5) is 38.6. The van der Waals surface area contributed by atoms with Crippen molar-refractivity contribution in [1.29, 1.82) is 0 Å². The van der Waals surface area contributed by atoms with Crippen molar-refractivity contribution in [3.05, 3.63) is 99.7 Å². The summed E-state index contributed by atoms with van der Waals surface area (Å²) in [6, 6.07) is 20.6. The zero-order valence-corrected chi connectivity index (χ0v) is 42.2. The third-order valence-electron chi connectivity index (χ3n) is 15.9. The van der Waals surface area contributed by atoms with E-state index in [1.54, 1.807) is 24.4 Å². The molecule has 17 heteroatoms. The number of likely N-dealkylation sites (tertiary alicyclic amines) is 1. The maximum absolute atomic E-state index is 14.4. The zero-order valence-electron chi connectivity index (χ0n) is 41.4. The third-order valence-corrected chi connectivity index (χ3v) is 17.2. The molecule has 0 unspecified atom stereocenters. The number of nitro benzene ring substituents is 1. The molecule has 2 saturated heterocycles. The first-order chi connectivity index (χ1) is 33.9. The van der Waals surface area contributed by atoms with Gasteiger partial charge in [-0.05, 0) is 136 Å². The minimum atomic E-state index is -4.71. The number of H-pyrrole nitrogens is 1. The molecule has 3 aliphatic heterocycles. The lowest BCUT2D eigenvalue weighted by Crippen LogP contribution is -2.54. The van der Waals surface area contributed by atoms with Crippen molar-refractivity contribution in [1.82, 2.24) is 19.6 Å². The summed E-state index contributed by atoms with van der Waals surface area (Å²) in [5.74, 6) is 0.291. The minimum absolute atomic E-state index is 0.00517. The Bertz CT molecular complexity index is 2910. The molecule has 3 aromatic carbocycles. The molecule has 5 aromatic rings. The molecule has 2 atom stereocenters. The number of hydrogen-bond acceptors (Lipinski definition) is 13. The molecule has 16 nitrogen and oxygen atoms in total. The Labute approximate surface area is 416 Å². The van der Waals surface area contributed by atoms with Crippen LogP contribution in [0.5, 0.6) is 23.1 Å². The van der Waals surface area contributed by atoms with E-state index >= 15 is 0 Å². The first kappa shape index (κ1) is 48.7. The highest BCUT2D eigenvalue weighted by atomic mass is 32.2. The molecule has 378 valence electrons. The van der Waals surface area contributed by atoms with E-state index in [4.69, 9.17) is 14.2 Å². The molecular formula is C54H67N7O9S. The van der Waals surface area contributed by atoms with Crippen molar-refractivity contribution < 1.29 is 37.5 Å². The van der Waals surface area contributed by atoms with E-state index in [0.29, 0.717) is 55.9 Å². The smallest absolute Gasteiger partial charge is 0.297 e. The second kappa shape index (κ2) is 19.3. The summed E-state index contributed by atoms with van der Waals surface area (Å²) in [6.07, 6.45) is 11.2. The van der Waals surface area contributed by atoms with Crippen molar-refractivity contribution in [3.63, 3.8) is 0 Å². The number of nitrogens with zero attached hydrogens (tertiary/aromatic N) is 4. The number of piperidine rings is 1. The number of anilines is 2. The van der Waals surface area contributed by atoms with E-state index in [0.717, 1.165) is 49.6 Å². The molecule has 71 heavy (non-hydrogen) atoms. The van der Waals surface area contributed by atoms with Crippen molar-refractivity contribution in [2.24, 2.45) is 17.3 Å². The first-order valence-electron chi connectivity index (χ1n) is 25.5. The van der Waals surface area contributed by atoms with E-state index in [9.17, 15) is 28.4 Å². The molecule has 0 bridgehead atoms. The van der Waals surface area contributed by atoms with E-state index in [1.165, 1.54) is 42.9 Å². The summed E-state index contributed by atoms with van der Waals surface area (Å²) in [5.41, 5.74) is 3.38. The zero-order chi connectivity index (χ0) is 49.8. The standard InChI is InChI=1S/C54H67N7O9S/c1-33(2)31-69-52-48(25-36-16-21-55-50(36)57-52)70-46-26-37(59-23-19-54(20-24-59)29-38(30-54)60-22-8-11-44(60)41-10-7-6-9-40(41)34(3)4)12-13-42(46)51(62)58-71(66,67)39-27-45(61(64)65)49-47(28-39)68-32-43(56-49)35-14-17-53(5,63)18-15-35/h6-7,9-10,12-13,16,21,25-28,33-35,38,43-44,56,63H,8,11,14-15,17-20,22-24,29-32H2,1-5H3,(H,55,57)(H,58,62)/t35?,43-,44-,53?/m1/s1. The van der Waals surface area contributed by atoms with Gasteiger partial charge in [0.15, 0.2) is 17.2 Å². The van der Waals surface area contributed by atoms with Crippen LogP contribution in [0.4, 0.5) is 17.1 Å². The lowest BCUT2D eigenvalue weighted by Gasteiger charge is -2.56. The summed E-state index contributed by atoms with van der Waals surface area (Å²) < 4.78 is 49.2. The van der Waals surface area contributed by atoms with Gasteiger partial charge in [-0.3, -0.25) is 19.8 Å². The lowest BCUT2D eigenvalue weighted by molar-refractivity contribution is -0.384. The van der Waals surface area contributed by atoms with Crippen LogP contribution >= 0.6 is 0 Å². The van der Waals surface area contributed by atoms with Gasteiger partial charge in [0.05, 0.1) is 33.6 Å². The van der Waals surface area contributed by atoms with E-state index in [-0.39, 0.29) is 64.3 Å². The Morgan fingerprint density at radius 1 is 0.986 bits per heavy atom. The molecule has 2 saturated carbocycles. The van der Waals surface area contributed by atoms with Crippen molar-refractivity contribution in [2.45, 2.75) is 133 Å². The number of hydrogen-bond donors (Lipinski definition) is 4. The Morgan fingerprint density at radius 3 is 2.48 bits per heavy atom. The molecule has 0 radical (unpaired) electrons. The van der Waals surface area contributed by atoms with E-state index in [2.05, 4.69) is 67.9 Å². The van der Waals surface area contributed by atoms with Gasteiger partial charge in [0, 0.05) is 60.6 Å². The van der Waals surface area contributed by atoms with Crippen molar-refractivity contribution in [3.8, 4) is 23.1 Å². The number of nitro groups is 1. The Hall–Kier alpha value is -5.91. The molecule has 5 heterocycles. The first-order valence-corrected chi connectivity index (χ1v) is 27.0. The highest BCUT2D eigenvalue weighted by molar-refractivity contribution is 7.90. The number of pyridine rings is 1. The predicted octanol–water partition coefficient (Wildman–Crippen LogP) is 10.2. The number of aromatic nitrogens is 2. The largest absolute Gasteiger partial charge is 0.489 e. The SMILES string of the molecule is CC(C)COc1nc2[nH]ccc2cc1Oc1cc(N2CCC3(CC2)CC(N2CCC[C@@H]2c2ccccc2C(C)C)C3)ccc1C(=O)NS(=O)(=O)c1cc2c(c([N+](=O)[O-])c1)N[C@@H](C1CCC(C)(O)CC1)CO2. The van der Waals surface area contributed by atoms with Gasteiger partial charge >= 0.3 is 0 Å². The molecule has 2 aliphatic carbocycles. The topological polar surface area (TPSA) is 201 Å². The van der Waals surface area contributed by atoms with Gasteiger partial charge in [-0.15, -0.1) is 0 Å². The van der Waals surface area contributed by atoms with Crippen LogP contribution < -0.4 is 29.1 Å². The fraction of sp³-hybridized carbons (Fsp3) is 0.519. The van der Waals surface area contributed by atoms with Crippen LogP contribution in [0.3, 0.4) is 0 Å². The lowest BCUT2D eigenvalue weighted by atomic mass is 9.59. The van der Waals surface area contributed by atoms with Crippen LogP contribution in [-0.4, -0.2) is 89.8 Å². The van der Waals surface area contributed by atoms with Crippen LogP contribution in [0.1, 0.15) is 132 Å². The monoisotopic (exact) mass is 989 g/mol. The van der Waals surface area contributed by atoms with Crippen LogP contribution in [0, 0.1) is 27.4 Å². The highest BCUT2D eigenvalue weighted by Gasteiger charge is 2.50. The number of fused-ring (bicyclic) bond motifs is 2. The summed E-state index contributed by atoms with van der Waals surface area (Å²) in [6.45, 7) is 13.7. The third kappa shape index (κ3) is 10.0. The van der Waals surface area contributed by atoms with Gasteiger partial charge in [-0.2, -0.15) is 4.98 Å². The van der Waals surface area contributed by atoms with E-state index in [1.807, 2.05) is 32.9 Å². The normalized spacial score (nSPS) is 23.5. The van der Waals surface area contributed by atoms with Crippen LogP contribution in [0.15, 0.2) is 77.8 Å². The van der Waals surface area contributed by atoms with Gasteiger partial charge < -0.3 is 34.5 Å². The van der Waals surface area contributed by atoms with Gasteiger partial charge in [0.1, 0.15) is 18.0 Å². The molecule has 1 amide bonds. The number of nitrogens with one attached hydrogen (secondary N) is 3. The number of benzene rings is 3. The fourth-order valence-corrected chi connectivity index (χ4v) is 12.9. The summed E-state index contributed by atoms with van der Waals surface area (Å²) in [7, 11) is -4.71. The molecule has 2 aromatic heterocycles. The molecule has 5 aliphatic rings. The molecule has 1 spiro atoms. The number of aromatic amines is 1. The Balaban J connectivity index is 0.891. The quantitative estimate of drug-likeness (QED) is 0.0605. The molecule has 4 N–H and O–H groups in total. The Morgan fingerprint density at radius 2 is 1.75 bits per heavy atom. The number of carbonyl (C=O) groups is 1. The van der Waals surface area contributed by atoms with Crippen LogP contribution in [-0.2, 0) is 10.0 Å². The Kier molecular flexibility index (Phi) is 13.2. The summed E-state index contributed by atoms with van der Waals surface area (Å²) in [5, 5.41) is 27.0. The predicted molar refractivity (Wildman–Crippen MR) is 272 cm³/mol. The number of aliphatic hydroxyl groups is 1. The minimum Gasteiger partial charge on any atom is -0.489 e. The molecule has 4 fully saturated rings. The second-order valence-electron chi connectivity index (χ2n) is 21.8. The summed E-state index contributed by atoms with van der Waals surface area (Å²) >= 11 is 0. The maximum atomic E-state index is 14.4. The van der Waals surface area contributed by atoms with Crippen molar-refractivity contribution in [2.75, 3.05) is 43.1 Å². The van der Waals surface area contributed by atoms with Gasteiger partial charge in [-0.1, -0.05) is 52.0 Å². The number of sulfonamides is 1. The van der Waals surface area contributed by atoms with E-state index < -0.39 is 37.0 Å². The number of amides is 1. The van der Waals surface area contributed by atoms with Gasteiger partial charge in [-0.25, -0.2) is 13.1 Å². The average molecular weight is 990 g/mol. The van der Waals surface area contributed by atoms with Crippen LogP contribution in [0.2, 0.25) is 0 Å². The average Bonchev–Trinajstić information content (AvgIpc) is 4.02. The van der Waals surface area contributed by atoms with Gasteiger partial charge in [0.25, 0.3) is 27.5 Å². The number of ether oxygens (including phenoxy) is 3. The second-order valence-corrected chi connectivity index (χ2v) is 23.5.